The highest BCUT2D eigenvalue weighted by Gasteiger charge is 2.23. The highest BCUT2D eigenvalue weighted by Crippen LogP contribution is 2.12. The van der Waals surface area contributed by atoms with Crippen LogP contribution in [0.3, 0.4) is 0 Å². The first-order valence-electron chi connectivity index (χ1n) is 9.91. The number of benzene rings is 1. The van der Waals surface area contributed by atoms with E-state index in [0.29, 0.717) is 44.6 Å². The predicted molar refractivity (Wildman–Crippen MR) is 107 cm³/mol. The normalized spacial score (nSPS) is 14.9. The number of ether oxygens (including phenoxy) is 1. The number of aryl methyl sites for hydroxylation is 1. The summed E-state index contributed by atoms with van der Waals surface area (Å²) in [4.78, 5) is 39.9. The second-order valence-corrected chi connectivity index (χ2v) is 8.06. The van der Waals surface area contributed by atoms with E-state index in [9.17, 15) is 18.8 Å². The van der Waals surface area contributed by atoms with Gasteiger partial charge in [-0.05, 0) is 45.2 Å². The van der Waals surface area contributed by atoms with Gasteiger partial charge in [0.15, 0.2) is 0 Å². The Balaban J connectivity index is 1.77. The number of alkyl carbamates (subject to hydrolysis) is 1. The summed E-state index contributed by atoms with van der Waals surface area (Å²) in [7, 11) is 0. The molecule has 1 aromatic rings. The summed E-state index contributed by atoms with van der Waals surface area (Å²) >= 11 is 0. The maximum Gasteiger partial charge on any atom is 0.408 e. The molecule has 1 aliphatic rings. The lowest BCUT2D eigenvalue weighted by molar-refractivity contribution is -0.133. The van der Waals surface area contributed by atoms with Crippen molar-refractivity contribution in [1.82, 2.24) is 15.1 Å². The fourth-order valence-corrected chi connectivity index (χ4v) is 3.09. The minimum atomic E-state index is -0.634. The van der Waals surface area contributed by atoms with Crippen LogP contribution in [0, 0.1) is 5.82 Å². The van der Waals surface area contributed by atoms with E-state index in [1.807, 2.05) is 0 Å². The molecule has 1 heterocycles. The Kier molecular flexibility index (Phi) is 7.99. The van der Waals surface area contributed by atoms with Gasteiger partial charge < -0.3 is 19.9 Å². The van der Waals surface area contributed by atoms with E-state index in [0.717, 1.165) is 0 Å². The molecule has 0 unspecified atom stereocenters. The number of hydrogen-bond donors (Lipinski definition) is 1. The summed E-state index contributed by atoms with van der Waals surface area (Å²) < 4.78 is 18.8. The zero-order chi connectivity index (χ0) is 21.4. The fourth-order valence-electron chi connectivity index (χ4n) is 3.09. The largest absolute Gasteiger partial charge is 0.444 e. The summed E-state index contributed by atoms with van der Waals surface area (Å²) in [5.41, 5.74) is -0.0973. The second-order valence-electron chi connectivity index (χ2n) is 8.06. The maximum absolute atomic E-state index is 13.7. The Morgan fingerprint density at radius 1 is 1.03 bits per heavy atom. The van der Waals surface area contributed by atoms with E-state index in [-0.39, 0.29) is 30.6 Å². The minimum Gasteiger partial charge on any atom is -0.444 e. The monoisotopic (exact) mass is 407 g/mol. The van der Waals surface area contributed by atoms with Gasteiger partial charge in [0.05, 0.1) is 0 Å². The molecule has 0 atom stereocenters. The second kappa shape index (κ2) is 10.2. The van der Waals surface area contributed by atoms with Crippen LogP contribution in [0.2, 0.25) is 0 Å². The van der Waals surface area contributed by atoms with Gasteiger partial charge in [-0.15, -0.1) is 0 Å². The first-order valence-corrected chi connectivity index (χ1v) is 9.91. The molecule has 29 heavy (non-hydrogen) atoms. The van der Waals surface area contributed by atoms with Crippen molar-refractivity contribution < 1.29 is 23.5 Å². The van der Waals surface area contributed by atoms with Gasteiger partial charge in [-0.25, -0.2) is 9.18 Å². The number of amides is 3. The van der Waals surface area contributed by atoms with Gasteiger partial charge in [0.25, 0.3) is 0 Å². The number of hydrogen-bond acceptors (Lipinski definition) is 4. The molecule has 7 nitrogen and oxygen atoms in total. The van der Waals surface area contributed by atoms with E-state index in [1.165, 1.54) is 6.07 Å². The number of nitrogens with zero attached hydrogens (tertiary/aromatic N) is 2. The quantitative estimate of drug-likeness (QED) is 0.813. The molecule has 0 aliphatic carbocycles. The van der Waals surface area contributed by atoms with Crippen LogP contribution in [0.15, 0.2) is 24.3 Å². The van der Waals surface area contributed by atoms with Crippen molar-refractivity contribution in [3.8, 4) is 0 Å². The van der Waals surface area contributed by atoms with Gasteiger partial charge in [0.2, 0.25) is 11.8 Å². The summed E-state index contributed by atoms with van der Waals surface area (Å²) in [6, 6.07) is 6.45. The average Bonchev–Trinajstić information content (AvgIpc) is 2.90. The van der Waals surface area contributed by atoms with Gasteiger partial charge >= 0.3 is 6.09 Å². The highest BCUT2D eigenvalue weighted by atomic mass is 19.1. The third kappa shape index (κ3) is 7.71. The standard InChI is InChI=1S/C21H30FN3O4/c1-21(2,3)29-20(28)23-15-19(27)25-12-6-11-24(13-14-25)18(26)10-9-16-7-4-5-8-17(16)22/h4-5,7-8H,6,9-15H2,1-3H3,(H,23,28). The molecule has 1 aliphatic heterocycles. The lowest BCUT2D eigenvalue weighted by Crippen LogP contribution is -2.43. The van der Waals surface area contributed by atoms with Crippen molar-refractivity contribution in [3.05, 3.63) is 35.6 Å². The molecule has 0 spiro atoms. The maximum atomic E-state index is 13.7. The Bertz CT molecular complexity index is 733. The molecule has 160 valence electrons. The molecule has 0 radical (unpaired) electrons. The van der Waals surface area contributed by atoms with E-state index in [2.05, 4.69) is 5.32 Å². The van der Waals surface area contributed by atoms with Gasteiger partial charge in [0.1, 0.15) is 18.0 Å². The van der Waals surface area contributed by atoms with Crippen molar-refractivity contribution in [3.63, 3.8) is 0 Å². The third-order valence-electron chi connectivity index (χ3n) is 4.55. The molecule has 1 fully saturated rings. The summed E-state index contributed by atoms with van der Waals surface area (Å²) in [5.74, 6) is -0.559. The van der Waals surface area contributed by atoms with Crippen molar-refractivity contribution in [2.24, 2.45) is 0 Å². The Morgan fingerprint density at radius 3 is 2.28 bits per heavy atom. The van der Waals surface area contributed by atoms with Crippen LogP contribution < -0.4 is 5.32 Å². The SMILES string of the molecule is CC(C)(C)OC(=O)NCC(=O)N1CCCN(C(=O)CCc2ccccc2F)CC1. The number of nitrogens with one attached hydrogen (secondary N) is 1. The first-order chi connectivity index (χ1) is 13.7. The fraction of sp³-hybridized carbons (Fsp3) is 0.571. The lowest BCUT2D eigenvalue weighted by Gasteiger charge is -2.23. The molecular weight excluding hydrogens is 377 g/mol. The average molecular weight is 407 g/mol. The van der Waals surface area contributed by atoms with Crippen molar-refractivity contribution in [1.29, 1.82) is 0 Å². The molecule has 3 amide bonds. The molecule has 0 saturated carbocycles. The lowest BCUT2D eigenvalue weighted by atomic mass is 10.1. The van der Waals surface area contributed by atoms with Gasteiger partial charge in [-0.2, -0.15) is 0 Å². The Hall–Kier alpha value is -2.64. The number of halogens is 1. The summed E-state index contributed by atoms with van der Waals surface area (Å²) in [5, 5.41) is 2.47. The zero-order valence-corrected chi connectivity index (χ0v) is 17.4. The molecular formula is C21H30FN3O4. The zero-order valence-electron chi connectivity index (χ0n) is 17.4. The van der Waals surface area contributed by atoms with Gasteiger partial charge in [0, 0.05) is 32.6 Å². The van der Waals surface area contributed by atoms with Crippen molar-refractivity contribution in [2.75, 3.05) is 32.7 Å². The molecule has 1 saturated heterocycles. The van der Waals surface area contributed by atoms with Crippen LogP contribution in [0.5, 0.6) is 0 Å². The number of rotatable bonds is 5. The van der Waals surface area contributed by atoms with Gasteiger partial charge in [-0.1, -0.05) is 18.2 Å². The van der Waals surface area contributed by atoms with E-state index in [1.54, 1.807) is 48.8 Å². The third-order valence-corrected chi connectivity index (χ3v) is 4.55. The van der Waals surface area contributed by atoms with Crippen LogP contribution in [0.25, 0.3) is 0 Å². The summed E-state index contributed by atoms with van der Waals surface area (Å²) in [6.07, 6.45) is 0.606. The molecule has 8 heteroatoms. The summed E-state index contributed by atoms with van der Waals surface area (Å²) in [6.45, 7) is 7.01. The smallest absolute Gasteiger partial charge is 0.408 e. The molecule has 0 aromatic heterocycles. The number of carbonyl (C=O) groups excluding carboxylic acids is 3. The van der Waals surface area contributed by atoms with Crippen LogP contribution in [0.4, 0.5) is 9.18 Å². The number of carbonyl (C=O) groups is 3. The predicted octanol–water partition coefficient (Wildman–Crippen LogP) is 2.34. The minimum absolute atomic E-state index is 0.0468. The van der Waals surface area contributed by atoms with E-state index < -0.39 is 11.7 Å². The van der Waals surface area contributed by atoms with Crippen LogP contribution >= 0.6 is 0 Å². The Labute approximate surface area is 171 Å². The topological polar surface area (TPSA) is 79.0 Å². The van der Waals surface area contributed by atoms with Crippen LogP contribution in [-0.4, -0.2) is 66.0 Å². The molecule has 2 rings (SSSR count). The molecule has 0 bridgehead atoms. The molecule has 1 N–H and O–H groups in total. The van der Waals surface area contributed by atoms with Crippen LogP contribution in [0.1, 0.15) is 39.2 Å². The van der Waals surface area contributed by atoms with Crippen molar-refractivity contribution >= 4 is 17.9 Å². The molecule has 1 aromatic carbocycles. The highest BCUT2D eigenvalue weighted by molar-refractivity contribution is 5.82. The van der Waals surface area contributed by atoms with Gasteiger partial charge in [-0.3, -0.25) is 9.59 Å². The van der Waals surface area contributed by atoms with E-state index in [4.69, 9.17) is 4.74 Å². The van der Waals surface area contributed by atoms with Crippen LogP contribution in [-0.2, 0) is 20.7 Å². The Morgan fingerprint density at radius 2 is 1.66 bits per heavy atom. The first kappa shape index (κ1) is 22.6. The van der Waals surface area contributed by atoms with Crippen molar-refractivity contribution in [2.45, 2.75) is 45.6 Å². The van der Waals surface area contributed by atoms with E-state index >= 15 is 0 Å².